The maximum atomic E-state index is 13.2. The number of methoxy groups -OCH3 is 1. The lowest BCUT2D eigenvalue weighted by molar-refractivity contribution is 0.230. The van der Waals surface area contributed by atoms with E-state index in [0.717, 1.165) is 11.6 Å². The molecular weight excluding hydrogens is 349 g/mol. The van der Waals surface area contributed by atoms with Gasteiger partial charge in [-0.2, -0.15) is 5.26 Å². The van der Waals surface area contributed by atoms with Crippen LogP contribution in [0.15, 0.2) is 36.4 Å². The fourth-order valence-electron chi connectivity index (χ4n) is 2.46. The van der Waals surface area contributed by atoms with Gasteiger partial charge in [0.05, 0.1) is 30.5 Å². The molecule has 0 aliphatic heterocycles. The van der Waals surface area contributed by atoms with Crippen LogP contribution < -0.4 is 20.1 Å². The molecule has 2 amide bonds. The standard InChI is InChI=1S/C20H22FN3O3/c1-12(2)27-18-8-5-14(10-19(18)26-4)13(3)23-20(25)24-17-7-6-16(21)9-15(17)11-22/h5-10,12-13H,1-4H3,(H2,23,24,25). The fraction of sp³-hybridized carbons (Fsp3) is 0.300. The van der Waals surface area contributed by atoms with Crippen LogP contribution in [0.2, 0.25) is 0 Å². The Morgan fingerprint density at radius 2 is 1.89 bits per heavy atom. The third-order valence-corrected chi connectivity index (χ3v) is 3.75. The summed E-state index contributed by atoms with van der Waals surface area (Å²) in [6, 6.07) is 10.0. The van der Waals surface area contributed by atoms with Gasteiger partial charge in [0.1, 0.15) is 11.9 Å². The predicted octanol–water partition coefficient (Wildman–Crippen LogP) is 4.38. The van der Waals surface area contributed by atoms with Gasteiger partial charge in [0.15, 0.2) is 11.5 Å². The Morgan fingerprint density at radius 1 is 1.15 bits per heavy atom. The molecule has 27 heavy (non-hydrogen) atoms. The number of nitrogens with zero attached hydrogens (tertiary/aromatic N) is 1. The molecule has 6 nitrogen and oxygen atoms in total. The van der Waals surface area contributed by atoms with Crippen molar-refractivity contribution in [2.45, 2.75) is 32.9 Å². The number of benzene rings is 2. The number of hydrogen-bond donors (Lipinski definition) is 2. The van der Waals surface area contributed by atoms with Crippen molar-refractivity contribution in [2.24, 2.45) is 0 Å². The lowest BCUT2D eigenvalue weighted by Crippen LogP contribution is -2.31. The second-order valence-electron chi connectivity index (χ2n) is 6.20. The van der Waals surface area contributed by atoms with Gasteiger partial charge in [0.2, 0.25) is 0 Å². The molecule has 1 atom stereocenters. The van der Waals surface area contributed by atoms with E-state index in [1.807, 2.05) is 32.9 Å². The summed E-state index contributed by atoms with van der Waals surface area (Å²) in [6.07, 6.45) is 0.0103. The van der Waals surface area contributed by atoms with Gasteiger partial charge < -0.3 is 20.1 Å². The molecule has 1 unspecified atom stereocenters. The van der Waals surface area contributed by atoms with E-state index < -0.39 is 11.8 Å². The molecule has 142 valence electrons. The molecule has 0 heterocycles. The number of urea groups is 1. The number of hydrogen-bond acceptors (Lipinski definition) is 4. The number of carbonyl (C=O) groups is 1. The highest BCUT2D eigenvalue weighted by molar-refractivity contribution is 5.91. The molecule has 0 spiro atoms. The Morgan fingerprint density at radius 3 is 2.52 bits per heavy atom. The van der Waals surface area contributed by atoms with Gasteiger partial charge in [-0.3, -0.25) is 0 Å². The molecule has 2 aromatic carbocycles. The SMILES string of the molecule is COc1cc(C(C)NC(=O)Nc2ccc(F)cc2C#N)ccc1OC(C)C. The number of nitriles is 1. The van der Waals surface area contributed by atoms with Crippen LogP contribution in [-0.4, -0.2) is 19.2 Å². The monoisotopic (exact) mass is 371 g/mol. The van der Waals surface area contributed by atoms with Crippen molar-refractivity contribution in [1.82, 2.24) is 5.32 Å². The van der Waals surface area contributed by atoms with Crippen LogP contribution in [0.1, 0.15) is 37.9 Å². The summed E-state index contributed by atoms with van der Waals surface area (Å²) in [4.78, 5) is 12.2. The third-order valence-electron chi connectivity index (χ3n) is 3.75. The van der Waals surface area contributed by atoms with Crippen molar-refractivity contribution in [3.63, 3.8) is 0 Å². The Balaban J connectivity index is 2.09. The molecule has 7 heteroatoms. The minimum Gasteiger partial charge on any atom is -0.493 e. The van der Waals surface area contributed by atoms with Gasteiger partial charge in [0, 0.05) is 0 Å². The van der Waals surface area contributed by atoms with E-state index >= 15 is 0 Å². The Labute approximate surface area is 157 Å². The molecule has 0 aliphatic rings. The molecule has 2 rings (SSSR count). The lowest BCUT2D eigenvalue weighted by atomic mass is 10.1. The fourth-order valence-corrected chi connectivity index (χ4v) is 2.46. The molecule has 0 fully saturated rings. The van der Waals surface area contributed by atoms with Crippen LogP contribution >= 0.6 is 0 Å². The molecule has 0 saturated carbocycles. The average Bonchev–Trinajstić information content (AvgIpc) is 2.62. The zero-order valence-corrected chi connectivity index (χ0v) is 15.7. The molecule has 2 N–H and O–H groups in total. The van der Waals surface area contributed by atoms with Crippen LogP contribution in [0.5, 0.6) is 11.5 Å². The van der Waals surface area contributed by atoms with Gasteiger partial charge in [-0.05, 0) is 56.7 Å². The van der Waals surface area contributed by atoms with E-state index in [1.165, 1.54) is 12.1 Å². The molecule has 2 aromatic rings. The number of rotatable bonds is 6. The summed E-state index contributed by atoms with van der Waals surface area (Å²) in [7, 11) is 1.55. The molecule has 0 saturated heterocycles. The normalized spacial score (nSPS) is 11.4. The van der Waals surface area contributed by atoms with Crippen molar-refractivity contribution < 1.29 is 18.7 Å². The van der Waals surface area contributed by atoms with Crippen molar-refractivity contribution in [1.29, 1.82) is 5.26 Å². The summed E-state index contributed by atoms with van der Waals surface area (Å²) < 4.78 is 24.2. The summed E-state index contributed by atoms with van der Waals surface area (Å²) in [6.45, 7) is 5.66. The zero-order valence-electron chi connectivity index (χ0n) is 15.7. The van der Waals surface area contributed by atoms with E-state index in [0.29, 0.717) is 11.5 Å². The molecule has 0 aromatic heterocycles. The van der Waals surface area contributed by atoms with E-state index in [9.17, 15) is 9.18 Å². The van der Waals surface area contributed by atoms with E-state index in [-0.39, 0.29) is 23.4 Å². The number of amides is 2. The average molecular weight is 371 g/mol. The highest BCUT2D eigenvalue weighted by Gasteiger charge is 2.15. The summed E-state index contributed by atoms with van der Waals surface area (Å²) >= 11 is 0. The largest absolute Gasteiger partial charge is 0.493 e. The lowest BCUT2D eigenvalue weighted by Gasteiger charge is -2.18. The maximum absolute atomic E-state index is 13.2. The molecule has 0 aliphatic carbocycles. The summed E-state index contributed by atoms with van der Waals surface area (Å²) in [5.41, 5.74) is 1.11. The molecule has 0 radical (unpaired) electrons. The number of anilines is 1. The number of ether oxygens (including phenoxy) is 2. The van der Waals surface area contributed by atoms with E-state index in [2.05, 4.69) is 10.6 Å². The number of nitrogens with one attached hydrogen (secondary N) is 2. The Hall–Kier alpha value is -3.27. The van der Waals surface area contributed by atoms with Gasteiger partial charge in [-0.25, -0.2) is 9.18 Å². The Kier molecular flexibility index (Phi) is 6.61. The highest BCUT2D eigenvalue weighted by atomic mass is 19.1. The van der Waals surface area contributed by atoms with E-state index in [4.69, 9.17) is 14.7 Å². The minimum absolute atomic E-state index is 0.0103. The number of carbonyl (C=O) groups excluding carboxylic acids is 1. The van der Waals surface area contributed by atoms with E-state index in [1.54, 1.807) is 19.2 Å². The first-order chi connectivity index (χ1) is 12.8. The quantitative estimate of drug-likeness (QED) is 0.789. The predicted molar refractivity (Wildman–Crippen MR) is 100 cm³/mol. The van der Waals surface area contributed by atoms with Crippen molar-refractivity contribution in [2.75, 3.05) is 12.4 Å². The van der Waals surface area contributed by atoms with Crippen LogP contribution in [0.4, 0.5) is 14.9 Å². The smallest absolute Gasteiger partial charge is 0.319 e. The highest BCUT2D eigenvalue weighted by Crippen LogP contribution is 2.31. The molecule has 0 bridgehead atoms. The maximum Gasteiger partial charge on any atom is 0.319 e. The third kappa shape index (κ3) is 5.35. The van der Waals surface area contributed by atoms with Crippen molar-refractivity contribution in [3.8, 4) is 17.6 Å². The summed E-state index contributed by atoms with van der Waals surface area (Å²) in [5.74, 6) is 0.653. The summed E-state index contributed by atoms with van der Waals surface area (Å²) in [5, 5.41) is 14.4. The van der Waals surface area contributed by atoms with Gasteiger partial charge in [-0.1, -0.05) is 6.07 Å². The first kappa shape index (κ1) is 20.0. The van der Waals surface area contributed by atoms with Gasteiger partial charge >= 0.3 is 6.03 Å². The first-order valence-electron chi connectivity index (χ1n) is 8.45. The second kappa shape index (κ2) is 8.90. The van der Waals surface area contributed by atoms with Gasteiger partial charge in [-0.15, -0.1) is 0 Å². The van der Waals surface area contributed by atoms with Crippen LogP contribution in [-0.2, 0) is 0 Å². The zero-order chi connectivity index (χ0) is 20.0. The first-order valence-corrected chi connectivity index (χ1v) is 8.45. The Bertz CT molecular complexity index is 862. The minimum atomic E-state index is -0.540. The van der Waals surface area contributed by atoms with Gasteiger partial charge in [0.25, 0.3) is 0 Å². The topological polar surface area (TPSA) is 83.4 Å². The van der Waals surface area contributed by atoms with Crippen LogP contribution in [0.25, 0.3) is 0 Å². The van der Waals surface area contributed by atoms with Crippen LogP contribution in [0, 0.1) is 17.1 Å². The second-order valence-corrected chi connectivity index (χ2v) is 6.20. The van der Waals surface area contributed by atoms with Crippen LogP contribution in [0.3, 0.4) is 0 Å². The number of halogens is 1. The molecular formula is C20H22FN3O3. The van der Waals surface area contributed by atoms with Crippen molar-refractivity contribution in [3.05, 3.63) is 53.3 Å². The van der Waals surface area contributed by atoms with Crippen molar-refractivity contribution >= 4 is 11.7 Å².